The van der Waals surface area contributed by atoms with Gasteiger partial charge < -0.3 is 15.2 Å². The molecule has 0 bridgehead atoms. The Morgan fingerprint density at radius 3 is 2.80 bits per heavy atom. The van der Waals surface area contributed by atoms with Crippen molar-refractivity contribution in [2.24, 2.45) is 12.0 Å². The van der Waals surface area contributed by atoms with Crippen LogP contribution in [0.1, 0.15) is 37.3 Å². The molecule has 0 unspecified atom stereocenters. The molecule has 6 heteroatoms. The van der Waals surface area contributed by atoms with Gasteiger partial charge in [0.05, 0.1) is 6.54 Å². The molecule has 1 fully saturated rings. The molecule has 20 heavy (non-hydrogen) atoms. The lowest BCUT2D eigenvalue weighted by molar-refractivity contribution is 0.614. The Bertz CT molecular complexity index is 504. The van der Waals surface area contributed by atoms with E-state index in [0.717, 1.165) is 17.6 Å². The third-order valence-electron chi connectivity index (χ3n) is 3.62. The summed E-state index contributed by atoms with van der Waals surface area (Å²) >= 11 is 0. The second-order valence-electron chi connectivity index (χ2n) is 5.07. The minimum Gasteiger partial charge on any atom is -0.354 e. The lowest BCUT2D eigenvalue weighted by Crippen LogP contribution is -2.42. The van der Waals surface area contributed by atoms with E-state index in [-0.39, 0.29) is 0 Å². The molecular weight excluding hydrogens is 252 g/mol. The highest BCUT2D eigenvalue weighted by Gasteiger charge is 2.16. The smallest absolute Gasteiger partial charge is 0.192 e. The van der Waals surface area contributed by atoms with E-state index < -0.39 is 0 Å². The predicted octanol–water partition coefficient (Wildman–Crippen LogP) is 0.735. The van der Waals surface area contributed by atoms with Crippen LogP contribution in [0.5, 0.6) is 0 Å². The van der Waals surface area contributed by atoms with Crippen molar-refractivity contribution in [1.82, 2.24) is 25.4 Å². The number of nitrogens with one attached hydrogen (secondary N) is 2. The predicted molar refractivity (Wildman–Crippen MR) is 79.1 cm³/mol. The molecule has 108 valence electrons. The molecule has 0 amide bonds. The van der Waals surface area contributed by atoms with E-state index in [1.165, 1.54) is 25.7 Å². The number of rotatable bonds is 4. The lowest BCUT2D eigenvalue weighted by Gasteiger charge is -2.16. The van der Waals surface area contributed by atoms with Crippen LogP contribution in [-0.4, -0.2) is 33.3 Å². The average molecular weight is 274 g/mol. The van der Waals surface area contributed by atoms with Crippen LogP contribution in [0, 0.1) is 19.3 Å². The number of hydrogen-bond donors (Lipinski definition) is 2. The van der Waals surface area contributed by atoms with Crippen LogP contribution in [0.15, 0.2) is 4.99 Å². The standard InChI is InChI=1S/C14H22N6/c1-4-9-15-14(17-12-7-5-6-8-12)16-10-13-19-18-11(2)20(13)3/h1,12H,5-10H2,2-3H3,(H2,15,16,17). The molecule has 0 radical (unpaired) electrons. The molecular formula is C14H22N6. The highest BCUT2D eigenvalue weighted by atomic mass is 15.3. The summed E-state index contributed by atoms with van der Waals surface area (Å²) in [7, 11) is 1.94. The van der Waals surface area contributed by atoms with Crippen LogP contribution in [0.25, 0.3) is 0 Å². The van der Waals surface area contributed by atoms with E-state index in [1.807, 2.05) is 18.5 Å². The third kappa shape index (κ3) is 3.73. The molecule has 1 saturated carbocycles. The van der Waals surface area contributed by atoms with Gasteiger partial charge in [-0.3, -0.25) is 0 Å². The zero-order chi connectivity index (χ0) is 14.4. The van der Waals surface area contributed by atoms with E-state index in [4.69, 9.17) is 6.42 Å². The monoisotopic (exact) mass is 274 g/mol. The van der Waals surface area contributed by atoms with Crippen molar-refractivity contribution < 1.29 is 0 Å². The Kier molecular flexibility index (Phi) is 4.99. The maximum atomic E-state index is 5.30. The first-order valence-corrected chi connectivity index (χ1v) is 7.04. The minimum absolute atomic E-state index is 0.469. The fourth-order valence-corrected chi connectivity index (χ4v) is 2.29. The third-order valence-corrected chi connectivity index (χ3v) is 3.62. The van der Waals surface area contributed by atoms with E-state index in [9.17, 15) is 0 Å². The SMILES string of the molecule is C#CCNC(=NCc1nnc(C)n1C)NC1CCCC1. The Hall–Kier alpha value is -2.03. The number of aliphatic imine (C=N–C) groups is 1. The summed E-state index contributed by atoms with van der Waals surface area (Å²) in [6.07, 6.45) is 10.2. The van der Waals surface area contributed by atoms with Crippen molar-refractivity contribution in [3.8, 4) is 12.3 Å². The molecule has 1 aliphatic carbocycles. The second-order valence-corrected chi connectivity index (χ2v) is 5.07. The molecule has 0 atom stereocenters. The highest BCUT2D eigenvalue weighted by Crippen LogP contribution is 2.17. The molecule has 2 rings (SSSR count). The number of nitrogens with zero attached hydrogens (tertiary/aromatic N) is 4. The van der Waals surface area contributed by atoms with Gasteiger partial charge in [0.1, 0.15) is 12.4 Å². The van der Waals surface area contributed by atoms with Crippen molar-refractivity contribution in [1.29, 1.82) is 0 Å². The summed E-state index contributed by atoms with van der Waals surface area (Å²) in [6.45, 7) is 2.88. The number of hydrogen-bond acceptors (Lipinski definition) is 3. The maximum Gasteiger partial charge on any atom is 0.192 e. The van der Waals surface area contributed by atoms with Crippen molar-refractivity contribution in [3.63, 3.8) is 0 Å². The first kappa shape index (κ1) is 14.4. The van der Waals surface area contributed by atoms with Gasteiger partial charge in [0.25, 0.3) is 0 Å². The summed E-state index contributed by atoms with van der Waals surface area (Å²) < 4.78 is 1.94. The molecule has 0 aliphatic heterocycles. The Balaban J connectivity index is 1.99. The lowest BCUT2D eigenvalue weighted by atomic mass is 10.2. The molecule has 6 nitrogen and oxygen atoms in total. The molecule has 0 aromatic carbocycles. The van der Waals surface area contributed by atoms with Gasteiger partial charge in [-0.2, -0.15) is 0 Å². The van der Waals surface area contributed by atoms with Crippen molar-refractivity contribution in [3.05, 3.63) is 11.6 Å². The first-order chi connectivity index (χ1) is 9.70. The maximum absolute atomic E-state index is 5.30. The van der Waals surface area contributed by atoms with Gasteiger partial charge in [-0.25, -0.2) is 4.99 Å². The Morgan fingerprint density at radius 1 is 1.45 bits per heavy atom. The van der Waals surface area contributed by atoms with E-state index in [2.05, 4.69) is 31.7 Å². The van der Waals surface area contributed by atoms with Crippen LogP contribution < -0.4 is 10.6 Å². The van der Waals surface area contributed by atoms with Crippen molar-refractivity contribution in [2.75, 3.05) is 6.54 Å². The first-order valence-electron chi connectivity index (χ1n) is 7.04. The number of guanidine groups is 1. The van der Waals surface area contributed by atoms with Gasteiger partial charge in [0, 0.05) is 13.1 Å². The quantitative estimate of drug-likeness (QED) is 0.483. The summed E-state index contributed by atoms with van der Waals surface area (Å²) in [5.41, 5.74) is 0. The zero-order valence-corrected chi connectivity index (χ0v) is 12.2. The molecule has 1 heterocycles. The normalized spacial score (nSPS) is 16.1. The fraction of sp³-hybridized carbons (Fsp3) is 0.643. The van der Waals surface area contributed by atoms with Crippen LogP contribution in [0.3, 0.4) is 0 Å². The van der Waals surface area contributed by atoms with Crippen molar-refractivity contribution in [2.45, 2.75) is 45.2 Å². The van der Waals surface area contributed by atoms with E-state index in [1.54, 1.807) is 0 Å². The summed E-state index contributed by atoms with van der Waals surface area (Å²) in [5, 5.41) is 14.7. The summed E-state index contributed by atoms with van der Waals surface area (Å²) in [4.78, 5) is 4.54. The second kappa shape index (κ2) is 6.94. The van der Waals surface area contributed by atoms with E-state index in [0.29, 0.717) is 19.1 Å². The largest absolute Gasteiger partial charge is 0.354 e. The van der Waals surface area contributed by atoms with Crippen molar-refractivity contribution >= 4 is 5.96 Å². The molecule has 1 aromatic rings. The minimum atomic E-state index is 0.469. The number of aromatic nitrogens is 3. The van der Waals surface area contributed by atoms with Gasteiger partial charge in [-0.1, -0.05) is 18.8 Å². The number of aryl methyl sites for hydroxylation is 1. The fourth-order valence-electron chi connectivity index (χ4n) is 2.29. The molecule has 1 aliphatic rings. The van der Waals surface area contributed by atoms with Crippen LogP contribution >= 0.6 is 0 Å². The molecule has 0 spiro atoms. The molecule has 2 N–H and O–H groups in total. The summed E-state index contributed by atoms with van der Waals surface area (Å²) in [6, 6.07) is 0.500. The van der Waals surface area contributed by atoms with Gasteiger partial charge in [-0.05, 0) is 19.8 Å². The highest BCUT2D eigenvalue weighted by molar-refractivity contribution is 5.80. The topological polar surface area (TPSA) is 67.1 Å². The summed E-state index contributed by atoms with van der Waals surface area (Å²) in [5.74, 6) is 5.06. The number of terminal acetylenes is 1. The Morgan fingerprint density at radius 2 is 2.20 bits per heavy atom. The van der Waals surface area contributed by atoms with Gasteiger partial charge in [0.2, 0.25) is 0 Å². The van der Waals surface area contributed by atoms with Crippen LogP contribution in [0.2, 0.25) is 0 Å². The zero-order valence-electron chi connectivity index (χ0n) is 12.2. The van der Waals surface area contributed by atoms with Crippen LogP contribution in [-0.2, 0) is 13.6 Å². The molecule has 1 aromatic heterocycles. The van der Waals surface area contributed by atoms with Gasteiger partial charge in [0.15, 0.2) is 11.8 Å². The van der Waals surface area contributed by atoms with E-state index >= 15 is 0 Å². The Labute approximate surface area is 120 Å². The van der Waals surface area contributed by atoms with Gasteiger partial charge in [-0.15, -0.1) is 16.6 Å². The average Bonchev–Trinajstić information content (AvgIpc) is 3.06. The van der Waals surface area contributed by atoms with Crippen LogP contribution in [0.4, 0.5) is 0 Å². The molecule has 0 saturated heterocycles. The van der Waals surface area contributed by atoms with Gasteiger partial charge >= 0.3 is 0 Å².